The highest BCUT2D eigenvalue weighted by Gasteiger charge is 2.08. The highest BCUT2D eigenvalue weighted by Crippen LogP contribution is 2.20. The first-order valence-corrected chi connectivity index (χ1v) is 5.41. The Balaban J connectivity index is 2.35. The lowest BCUT2D eigenvalue weighted by Gasteiger charge is -2.13. The van der Waals surface area contributed by atoms with Crippen molar-refractivity contribution in [2.75, 3.05) is 0 Å². The first-order chi connectivity index (χ1) is 7.66. The highest BCUT2D eigenvalue weighted by atomic mass is 14.7. The van der Waals surface area contributed by atoms with Crippen molar-refractivity contribution < 1.29 is 0 Å². The third kappa shape index (κ3) is 2.28. The maximum Gasteiger partial charge on any atom is 0.0552 e. The molecule has 0 bridgehead atoms. The maximum absolute atomic E-state index is 6.23. The summed E-state index contributed by atoms with van der Waals surface area (Å²) in [6.45, 7) is 4.06. The minimum absolute atomic E-state index is 0.0680. The predicted molar refractivity (Wildman–Crippen MR) is 66.2 cm³/mol. The van der Waals surface area contributed by atoms with Gasteiger partial charge < -0.3 is 5.73 Å². The zero-order valence-electron chi connectivity index (χ0n) is 9.64. The minimum Gasteiger partial charge on any atom is -0.320 e. The van der Waals surface area contributed by atoms with Crippen LogP contribution in [-0.4, -0.2) is 4.98 Å². The van der Waals surface area contributed by atoms with Crippen LogP contribution in [0.2, 0.25) is 0 Å². The van der Waals surface area contributed by atoms with E-state index >= 15 is 0 Å². The third-order valence-electron chi connectivity index (χ3n) is 2.68. The van der Waals surface area contributed by atoms with E-state index in [1.54, 1.807) is 6.20 Å². The molecule has 2 rings (SSSR count). The van der Waals surface area contributed by atoms with Gasteiger partial charge in [-0.25, -0.2) is 0 Å². The number of aryl methyl sites for hydroxylation is 2. The van der Waals surface area contributed by atoms with Gasteiger partial charge in [-0.15, -0.1) is 0 Å². The fourth-order valence-electron chi connectivity index (χ4n) is 1.82. The molecule has 0 saturated heterocycles. The number of pyridine rings is 1. The van der Waals surface area contributed by atoms with Crippen LogP contribution in [0.15, 0.2) is 42.6 Å². The summed E-state index contributed by atoms with van der Waals surface area (Å²) in [5.41, 5.74) is 10.7. The molecule has 2 aromatic rings. The number of benzene rings is 1. The predicted octanol–water partition coefficient (Wildman–Crippen LogP) is 2.75. The second-order valence-electron chi connectivity index (χ2n) is 4.12. The van der Waals surface area contributed by atoms with Crippen LogP contribution in [0, 0.1) is 13.8 Å². The summed E-state index contributed by atoms with van der Waals surface area (Å²) in [5, 5.41) is 0. The Morgan fingerprint density at radius 2 is 1.81 bits per heavy atom. The van der Waals surface area contributed by atoms with E-state index < -0.39 is 0 Å². The maximum atomic E-state index is 6.23. The van der Waals surface area contributed by atoms with Gasteiger partial charge in [-0.2, -0.15) is 0 Å². The average molecular weight is 212 g/mol. The number of nitrogens with two attached hydrogens (primary N) is 1. The van der Waals surface area contributed by atoms with Gasteiger partial charge in [-0.1, -0.05) is 29.8 Å². The molecule has 16 heavy (non-hydrogen) atoms. The van der Waals surface area contributed by atoms with Gasteiger partial charge in [0, 0.05) is 11.9 Å². The standard InChI is InChI=1S/C14H16N2/c1-10-4-3-5-12(8-10)14(15)13-6-7-16-11(2)9-13/h3-9,14H,15H2,1-2H3. The van der Waals surface area contributed by atoms with Crippen LogP contribution in [0.3, 0.4) is 0 Å². The number of nitrogens with zero attached hydrogens (tertiary/aromatic N) is 1. The smallest absolute Gasteiger partial charge is 0.0552 e. The monoisotopic (exact) mass is 212 g/mol. The first-order valence-electron chi connectivity index (χ1n) is 5.41. The van der Waals surface area contributed by atoms with Crippen LogP contribution in [0.5, 0.6) is 0 Å². The topological polar surface area (TPSA) is 38.9 Å². The van der Waals surface area contributed by atoms with E-state index in [-0.39, 0.29) is 6.04 Å². The van der Waals surface area contributed by atoms with Crippen LogP contribution in [0.1, 0.15) is 28.4 Å². The molecule has 2 nitrogen and oxygen atoms in total. The second-order valence-corrected chi connectivity index (χ2v) is 4.12. The van der Waals surface area contributed by atoms with E-state index in [4.69, 9.17) is 5.73 Å². The molecular formula is C14H16N2. The molecule has 1 unspecified atom stereocenters. The molecule has 1 aromatic carbocycles. The van der Waals surface area contributed by atoms with Crippen molar-refractivity contribution in [3.63, 3.8) is 0 Å². The lowest BCUT2D eigenvalue weighted by molar-refractivity contribution is 0.862. The molecule has 0 fully saturated rings. The molecule has 2 heteroatoms. The van der Waals surface area contributed by atoms with Gasteiger partial charge in [0.2, 0.25) is 0 Å². The summed E-state index contributed by atoms with van der Waals surface area (Å²) in [7, 11) is 0. The molecule has 1 atom stereocenters. The third-order valence-corrected chi connectivity index (χ3v) is 2.68. The molecule has 0 aliphatic carbocycles. The fraction of sp³-hybridized carbons (Fsp3) is 0.214. The fourth-order valence-corrected chi connectivity index (χ4v) is 1.82. The number of aromatic nitrogens is 1. The molecule has 2 N–H and O–H groups in total. The Bertz CT molecular complexity index is 446. The SMILES string of the molecule is Cc1cccc(C(N)c2ccnc(C)c2)c1. The number of rotatable bonds is 2. The van der Waals surface area contributed by atoms with Crippen molar-refractivity contribution >= 4 is 0 Å². The minimum atomic E-state index is -0.0680. The van der Waals surface area contributed by atoms with Gasteiger partial charge in [-0.05, 0) is 37.1 Å². The first kappa shape index (κ1) is 10.8. The molecule has 0 aliphatic rings. The van der Waals surface area contributed by atoms with E-state index in [9.17, 15) is 0 Å². The van der Waals surface area contributed by atoms with E-state index in [1.807, 2.05) is 25.1 Å². The van der Waals surface area contributed by atoms with Crippen molar-refractivity contribution in [1.82, 2.24) is 4.98 Å². The molecule has 1 aromatic heterocycles. The number of hydrogen-bond acceptors (Lipinski definition) is 2. The molecular weight excluding hydrogens is 196 g/mol. The Labute approximate surface area is 96.1 Å². The Morgan fingerprint density at radius 1 is 1.06 bits per heavy atom. The molecule has 82 valence electrons. The van der Waals surface area contributed by atoms with E-state index in [2.05, 4.69) is 30.1 Å². The zero-order valence-corrected chi connectivity index (χ0v) is 9.64. The van der Waals surface area contributed by atoms with Crippen molar-refractivity contribution in [3.8, 4) is 0 Å². The van der Waals surface area contributed by atoms with Crippen LogP contribution in [-0.2, 0) is 0 Å². The summed E-state index contributed by atoms with van der Waals surface area (Å²) >= 11 is 0. The summed E-state index contributed by atoms with van der Waals surface area (Å²) < 4.78 is 0. The highest BCUT2D eigenvalue weighted by molar-refractivity contribution is 5.33. The molecule has 0 radical (unpaired) electrons. The molecule has 0 amide bonds. The normalized spacial score (nSPS) is 12.4. The summed E-state index contributed by atoms with van der Waals surface area (Å²) in [6, 6.07) is 12.2. The van der Waals surface area contributed by atoms with E-state index in [0.29, 0.717) is 0 Å². The molecule has 0 aliphatic heterocycles. The van der Waals surface area contributed by atoms with Gasteiger partial charge in [0.05, 0.1) is 6.04 Å². The summed E-state index contributed by atoms with van der Waals surface area (Å²) in [4.78, 5) is 4.18. The average Bonchev–Trinajstić information content (AvgIpc) is 2.28. The zero-order chi connectivity index (χ0) is 11.5. The van der Waals surface area contributed by atoms with E-state index in [0.717, 1.165) is 16.8 Å². The molecule has 0 saturated carbocycles. The Morgan fingerprint density at radius 3 is 2.50 bits per heavy atom. The van der Waals surface area contributed by atoms with E-state index in [1.165, 1.54) is 5.56 Å². The second kappa shape index (κ2) is 4.45. The van der Waals surface area contributed by atoms with Gasteiger partial charge >= 0.3 is 0 Å². The van der Waals surface area contributed by atoms with Crippen molar-refractivity contribution in [3.05, 3.63) is 65.0 Å². The summed E-state index contributed by atoms with van der Waals surface area (Å²) in [5.74, 6) is 0. The largest absolute Gasteiger partial charge is 0.320 e. The Kier molecular flexibility index (Phi) is 3.02. The van der Waals surface area contributed by atoms with Gasteiger partial charge in [0.15, 0.2) is 0 Å². The van der Waals surface area contributed by atoms with Gasteiger partial charge in [0.1, 0.15) is 0 Å². The van der Waals surface area contributed by atoms with Crippen LogP contribution < -0.4 is 5.73 Å². The number of hydrogen-bond donors (Lipinski definition) is 1. The summed E-state index contributed by atoms with van der Waals surface area (Å²) in [6.07, 6.45) is 1.81. The lowest BCUT2D eigenvalue weighted by Crippen LogP contribution is -2.12. The van der Waals surface area contributed by atoms with Crippen molar-refractivity contribution in [2.24, 2.45) is 5.73 Å². The van der Waals surface area contributed by atoms with Crippen molar-refractivity contribution in [1.29, 1.82) is 0 Å². The van der Waals surface area contributed by atoms with Crippen LogP contribution in [0.4, 0.5) is 0 Å². The van der Waals surface area contributed by atoms with Crippen LogP contribution >= 0.6 is 0 Å². The lowest BCUT2D eigenvalue weighted by atomic mass is 9.98. The van der Waals surface area contributed by atoms with Gasteiger partial charge in [0.25, 0.3) is 0 Å². The molecule has 1 heterocycles. The molecule has 0 spiro atoms. The quantitative estimate of drug-likeness (QED) is 0.831. The van der Waals surface area contributed by atoms with Gasteiger partial charge in [-0.3, -0.25) is 4.98 Å². The van der Waals surface area contributed by atoms with Crippen molar-refractivity contribution in [2.45, 2.75) is 19.9 Å². The Hall–Kier alpha value is -1.67. The van der Waals surface area contributed by atoms with Crippen LogP contribution in [0.25, 0.3) is 0 Å².